The van der Waals surface area contributed by atoms with Crippen molar-refractivity contribution in [2.75, 3.05) is 6.61 Å². The summed E-state index contributed by atoms with van der Waals surface area (Å²) in [7, 11) is -2.08. The Balaban J connectivity index is 1.88. The first-order valence-electron chi connectivity index (χ1n) is 8.59. The van der Waals surface area contributed by atoms with Crippen LogP contribution in [0, 0.1) is 11.8 Å². The average molecular weight is 366 g/mol. The summed E-state index contributed by atoms with van der Waals surface area (Å²) in [5.74, 6) is -0.982. The minimum absolute atomic E-state index is 0.0279. The normalized spacial score (nSPS) is 30.9. The number of hydrogen-bond donors (Lipinski definition) is 0. The molecule has 7 heteroatoms. The maximum atomic E-state index is 12.0. The van der Waals surface area contributed by atoms with E-state index in [0.29, 0.717) is 5.57 Å². The third kappa shape index (κ3) is 3.15. The van der Waals surface area contributed by atoms with Crippen LogP contribution < -0.4 is 0 Å². The van der Waals surface area contributed by atoms with E-state index in [1.165, 1.54) is 13.2 Å². The van der Waals surface area contributed by atoms with Crippen molar-refractivity contribution >= 4 is 20.3 Å². The summed E-state index contributed by atoms with van der Waals surface area (Å²) >= 11 is 0. The van der Waals surface area contributed by atoms with Crippen LogP contribution >= 0.6 is 0 Å². The van der Waals surface area contributed by atoms with Gasteiger partial charge in [0, 0.05) is 12.8 Å². The van der Waals surface area contributed by atoms with Crippen molar-refractivity contribution in [1.29, 1.82) is 0 Å². The summed E-state index contributed by atoms with van der Waals surface area (Å²) in [6, 6.07) is 0. The van der Waals surface area contributed by atoms with E-state index in [1.54, 1.807) is 0 Å². The van der Waals surface area contributed by atoms with Crippen LogP contribution in [-0.2, 0) is 28.2 Å². The molecule has 0 bridgehead atoms. The Kier molecular flexibility index (Phi) is 4.35. The first kappa shape index (κ1) is 18.2. The number of esters is 2. The lowest BCUT2D eigenvalue weighted by molar-refractivity contribution is -0.141. The maximum Gasteiger partial charge on any atom is 0.338 e. The number of hydrogen-bond acceptors (Lipinski definition) is 6. The second-order valence-corrected chi connectivity index (χ2v) is 13.2. The van der Waals surface area contributed by atoms with Crippen LogP contribution in [0.2, 0.25) is 18.1 Å². The van der Waals surface area contributed by atoms with Crippen LogP contribution in [0.15, 0.2) is 23.5 Å². The summed E-state index contributed by atoms with van der Waals surface area (Å²) in [5.41, 5.74) is 1.44. The third-order valence-corrected chi connectivity index (χ3v) is 10.1. The first-order valence-corrected chi connectivity index (χ1v) is 11.5. The molecule has 4 atom stereocenters. The van der Waals surface area contributed by atoms with E-state index in [0.717, 1.165) is 5.57 Å². The summed E-state index contributed by atoms with van der Waals surface area (Å²) in [4.78, 5) is 23.2. The highest BCUT2D eigenvalue weighted by atomic mass is 28.4. The van der Waals surface area contributed by atoms with Crippen LogP contribution in [0.4, 0.5) is 0 Å². The number of ether oxygens (including phenoxy) is 3. The van der Waals surface area contributed by atoms with E-state index in [9.17, 15) is 9.59 Å². The molecule has 2 aliphatic heterocycles. The molecule has 3 rings (SSSR count). The average Bonchev–Trinajstić information content (AvgIpc) is 2.97. The van der Waals surface area contributed by atoms with Crippen molar-refractivity contribution in [3.05, 3.63) is 23.5 Å². The zero-order valence-corrected chi connectivity index (χ0v) is 16.6. The molecule has 0 N–H and O–H groups in total. The van der Waals surface area contributed by atoms with Crippen molar-refractivity contribution in [1.82, 2.24) is 0 Å². The fourth-order valence-electron chi connectivity index (χ4n) is 3.26. The van der Waals surface area contributed by atoms with Crippen LogP contribution in [0.25, 0.3) is 0 Å². The van der Waals surface area contributed by atoms with Gasteiger partial charge in [0.1, 0.15) is 12.7 Å². The smallest absolute Gasteiger partial charge is 0.338 e. The monoisotopic (exact) mass is 366 g/mol. The highest BCUT2D eigenvalue weighted by Crippen LogP contribution is 2.50. The van der Waals surface area contributed by atoms with Gasteiger partial charge in [0.25, 0.3) is 0 Å². The molecule has 0 aromatic rings. The zero-order chi connectivity index (χ0) is 18.6. The largest absolute Gasteiger partial charge is 0.472 e. The molecule has 0 amide bonds. The highest BCUT2D eigenvalue weighted by molar-refractivity contribution is 6.74. The molecule has 6 nitrogen and oxygen atoms in total. The predicted octanol–water partition coefficient (Wildman–Crippen LogP) is 2.91. The summed E-state index contributed by atoms with van der Waals surface area (Å²) in [6.07, 6.45) is 2.54. The molecule has 0 saturated carbocycles. The quantitative estimate of drug-likeness (QED) is 0.433. The van der Waals surface area contributed by atoms with Crippen LogP contribution in [-0.4, -0.2) is 39.3 Å². The van der Waals surface area contributed by atoms with Crippen LogP contribution in [0.3, 0.4) is 0 Å². The molecule has 1 saturated heterocycles. The van der Waals surface area contributed by atoms with Crippen molar-refractivity contribution in [2.45, 2.75) is 58.2 Å². The molecule has 2 heterocycles. The van der Waals surface area contributed by atoms with Gasteiger partial charge in [0.2, 0.25) is 0 Å². The van der Waals surface area contributed by atoms with Gasteiger partial charge in [-0.05, 0) is 29.8 Å². The minimum atomic E-state index is -2.08. The Bertz CT molecular complexity index is 657. The molecule has 1 aliphatic carbocycles. The van der Waals surface area contributed by atoms with Gasteiger partial charge in [-0.1, -0.05) is 20.8 Å². The molecule has 0 spiro atoms. The van der Waals surface area contributed by atoms with Gasteiger partial charge in [-0.2, -0.15) is 0 Å². The minimum Gasteiger partial charge on any atom is -0.472 e. The fourth-order valence-corrected chi connectivity index (χ4v) is 4.40. The molecular formula is C18H26O6Si. The van der Waals surface area contributed by atoms with Crippen LogP contribution in [0.1, 0.15) is 27.7 Å². The zero-order valence-electron chi connectivity index (χ0n) is 15.6. The Morgan fingerprint density at radius 1 is 1.28 bits per heavy atom. The lowest BCUT2D eigenvalue weighted by Crippen LogP contribution is -2.48. The molecule has 0 radical (unpaired) electrons. The van der Waals surface area contributed by atoms with Gasteiger partial charge in [0.15, 0.2) is 14.6 Å². The predicted molar refractivity (Wildman–Crippen MR) is 92.8 cm³/mol. The molecule has 138 valence electrons. The molecule has 0 aromatic heterocycles. The molecular weight excluding hydrogens is 340 g/mol. The SMILES string of the molecule is CC(=O)OCC1=C[C@@H]2OC(=O)C3=CO[C@@H](O[Si](C)(C)C(C)(C)C)[C@H]1[C@@H]32. The third-order valence-electron chi connectivity index (χ3n) is 5.67. The van der Waals surface area contributed by atoms with E-state index in [1.807, 2.05) is 6.08 Å². The Morgan fingerprint density at radius 2 is 1.96 bits per heavy atom. The summed E-state index contributed by atoms with van der Waals surface area (Å²) in [6.45, 7) is 12.4. The second kappa shape index (κ2) is 5.98. The van der Waals surface area contributed by atoms with E-state index < -0.39 is 14.6 Å². The van der Waals surface area contributed by atoms with Crippen molar-refractivity contribution in [3.63, 3.8) is 0 Å². The molecule has 0 unspecified atom stereocenters. The number of carbonyl (C=O) groups is 2. The molecule has 3 aliphatic rings. The summed E-state index contributed by atoms with van der Waals surface area (Å²) < 4.78 is 22.9. The highest BCUT2D eigenvalue weighted by Gasteiger charge is 2.56. The van der Waals surface area contributed by atoms with E-state index in [-0.39, 0.29) is 41.5 Å². The van der Waals surface area contributed by atoms with Gasteiger partial charge < -0.3 is 18.6 Å². The first-order chi connectivity index (χ1) is 11.5. The molecule has 1 fully saturated rings. The lowest BCUT2D eigenvalue weighted by atomic mass is 9.84. The lowest BCUT2D eigenvalue weighted by Gasteiger charge is -2.42. The molecule has 0 aromatic carbocycles. The van der Waals surface area contributed by atoms with Crippen molar-refractivity contribution in [3.8, 4) is 0 Å². The van der Waals surface area contributed by atoms with Crippen LogP contribution in [0.5, 0.6) is 0 Å². The summed E-state index contributed by atoms with van der Waals surface area (Å²) in [5, 5.41) is 0.0279. The van der Waals surface area contributed by atoms with Gasteiger partial charge in [-0.3, -0.25) is 4.79 Å². The second-order valence-electron chi connectivity index (χ2n) is 8.40. The number of carbonyl (C=O) groups excluding carboxylic acids is 2. The number of rotatable bonds is 4. The Labute approximate surface area is 149 Å². The fraction of sp³-hybridized carbons (Fsp3) is 0.667. The van der Waals surface area contributed by atoms with Crippen molar-refractivity contribution < 1.29 is 28.2 Å². The standard InChI is InChI=1S/C18H26O6Si/c1-10(19)21-8-11-7-13-15-12(16(20)23-13)9-22-17(14(11)15)24-25(5,6)18(2,3)4/h7,9,13-15,17H,8H2,1-6H3/t13-,14+,15-,17-/m0/s1. The maximum absolute atomic E-state index is 12.0. The van der Waals surface area contributed by atoms with Crippen molar-refractivity contribution in [2.24, 2.45) is 11.8 Å². The van der Waals surface area contributed by atoms with Gasteiger partial charge in [0.05, 0.1) is 17.8 Å². The van der Waals surface area contributed by atoms with Gasteiger partial charge >= 0.3 is 11.9 Å². The topological polar surface area (TPSA) is 71.1 Å². The van der Waals surface area contributed by atoms with Gasteiger partial charge in [-0.25, -0.2) is 4.79 Å². The van der Waals surface area contributed by atoms with E-state index >= 15 is 0 Å². The van der Waals surface area contributed by atoms with E-state index in [4.69, 9.17) is 18.6 Å². The Hall–Kier alpha value is -1.60. The van der Waals surface area contributed by atoms with E-state index in [2.05, 4.69) is 33.9 Å². The Morgan fingerprint density at radius 3 is 2.56 bits per heavy atom. The van der Waals surface area contributed by atoms with Gasteiger partial charge in [-0.15, -0.1) is 0 Å². The molecule has 25 heavy (non-hydrogen) atoms.